The predicted octanol–water partition coefficient (Wildman–Crippen LogP) is 3.48. The monoisotopic (exact) mass is 261 g/mol. The van der Waals surface area contributed by atoms with Crippen LogP contribution in [0, 0.1) is 11.3 Å². The highest BCUT2D eigenvalue weighted by Crippen LogP contribution is 2.38. The summed E-state index contributed by atoms with van der Waals surface area (Å²) in [6, 6.07) is 8.84. The molecule has 2 N–H and O–H groups in total. The fourth-order valence-corrected chi connectivity index (χ4v) is 3.34. The Kier molecular flexibility index (Phi) is 4.64. The van der Waals surface area contributed by atoms with Crippen LogP contribution in [0.1, 0.15) is 51.2 Å². The van der Waals surface area contributed by atoms with Gasteiger partial charge in [0.25, 0.3) is 0 Å². The van der Waals surface area contributed by atoms with Gasteiger partial charge >= 0.3 is 0 Å². The SMILES string of the molecule is CC1CC(C)(C)CCC1NCc1cccc(CO)c1. The minimum Gasteiger partial charge on any atom is -0.392 e. The Hall–Kier alpha value is -0.860. The normalized spacial score (nSPS) is 26.3. The van der Waals surface area contributed by atoms with Gasteiger partial charge in [-0.2, -0.15) is 0 Å². The molecule has 2 nitrogen and oxygen atoms in total. The van der Waals surface area contributed by atoms with Gasteiger partial charge in [0.1, 0.15) is 0 Å². The van der Waals surface area contributed by atoms with E-state index in [1.165, 1.54) is 24.8 Å². The lowest BCUT2D eigenvalue weighted by molar-refractivity contribution is 0.148. The Morgan fingerprint density at radius 3 is 2.74 bits per heavy atom. The van der Waals surface area contributed by atoms with E-state index in [2.05, 4.69) is 38.2 Å². The quantitative estimate of drug-likeness (QED) is 0.869. The van der Waals surface area contributed by atoms with Crippen LogP contribution in [0.5, 0.6) is 0 Å². The van der Waals surface area contributed by atoms with Crippen molar-refractivity contribution in [1.82, 2.24) is 5.32 Å². The fourth-order valence-electron chi connectivity index (χ4n) is 3.34. The summed E-state index contributed by atoms with van der Waals surface area (Å²) in [5.41, 5.74) is 2.77. The molecule has 0 aromatic heterocycles. The molecule has 1 aromatic carbocycles. The summed E-state index contributed by atoms with van der Waals surface area (Å²) in [4.78, 5) is 0. The molecule has 106 valence electrons. The minimum atomic E-state index is 0.127. The second kappa shape index (κ2) is 6.06. The average Bonchev–Trinajstić information content (AvgIpc) is 2.37. The third kappa shape index (κ3) is 4.05. The van der Waals surface area contributed by atoms with Gasteiger partial charge in [-0.25, -0.2) is 0 Å². The van der Waals surface area contributed by atoms with Gasteiger partial charge in [0.15, 0.2) is 0 Å². The van der Waals surface area contributed by atoms with Gasteiger partial charge in [0, 0.05) is 12.6 Å². The number of rotatable bonds is 4. The van der Waals surface area contributed by atoms with Crippen molar-refractivity contribution in [2.24, 2.45) is 11.3 Å². The first-order valence-electron chi connectivity index (χ1n) is 7.42. The third-order valence-electron chi connectivity index (χ3n) is 4.44. The van der Waals surface area contributed by atoms with Crippen LogP contribution < -0.4 is 5.32 Å². The summed E-state index contributed by atoms with van der Waals surface area (Å²) in [5, 5.41) is 12.9. The zero-order valence-corrected chi connectivity index (χ0v) is 12.4. The third-order valence-corrected chi connectivity index (χ3v) is 4.44. The maximum absolute atomic E-state index is 9.16. The van der Waals surface area contributed by atoms with E-state index in [1.54, 1.807) is 0 Å². The second-order valence-corrected chi connectivity index (χ2v) is 6.85. The molecule has 2 rings (SSSR count). The summed E-state index contributed by atoms with van der Waals surface area (Å²) < 4.78 is 0. The van der Waals surface area contributed by atoms with Gasteiger partial charge in [-0.15, -0.1) is 0 Å². The van der Waals surface area contributed by atoms with E-state index in [0.29, 0.717) is 11.5 Å². The van der Waals surface area contributed by atoms with Crippen molar-refractivity contribution in [3.63, 3.8) is 0 Å². The first-order valence-corrected chi connectivity index (χ1v) is 7.42. The average molecular weight is 261 g/mol. The number of hydrogen-bond acceptors (Lipinski definition) is 2. The molecular formula is C17H27NO. The van der Waals surface area contributed by atoms with Crippen molar-refractivity contribution in [3.8, 4) is 0 Å². The lowest BCUT2D eigenvalue weighted by Crippen LogP contribution is -2.41. The second-order valence-electron chi connectivity index (χ2n) is 6.85. The Balaban J connectivity index is 1.88. The van der Waals surface area contributed by atoms with Crippen LogP contribution in [0.2, 0.25) is 0 Å². The van der Waals surface area contributed by atoms with Gasteiger partial charge < -0.3 is 10.4 Å². The molecule has 1 fully saturated rings. The van der Waals surface area contributed by atoms with E-state index in [0.717, 1.165) is 18.0 Å². The molecule has 0 spiro atoms. The van der Waals surface area contributed by atoms with E-state index in [9.17, 15) is 0 Å². The summed E-state index contributed by atoms with van der Waals surface area (Å²) in [6.45, 7) is 8.16. The van der Waals surface area contributed by atoms with Crippen molar-refractivity contribution in [2.45, 2.75) is 59.2 Å². The number of aliphatic hydroxyl groups is 1. The number of nitrogens with one attached hydrogen (secondary N) is 1. The molecule has 1 aromatic rings. The summed E-state index contributed by atoms with van der Waals surface area (Å²) in [5.74, 6) is 0.741. The lowest BCUT2D eigenvalue weighted by Gasteiger charge is -2.39. The van der Waals surface area contributed by atoms with Crippen LogP contribution in [0.3, 0.4) is 0 Å². The Morgan fingerprint density at radius 2 is 2.05 bits per heavy atom. The molecule has 0 amide bonds. The Labute approximate surface area is 117 Å². The Bertz CT molecular complexity index is 413. The molecule has 1 aliphatic carbocycles. The van der Waals surface area contributed by atoms with Crippen molar-refractivity contribution in [3.05, 3.63) is 35.4 Å². The Morgan fingerprint density at radius 1 is 1.32 bits per heavy atom. The minimum absolute atomic E-state index is 0.127. The van der Waals surface area contributed by atoms with Crippen molar-refractivity contribution in [2.75, 3.05) is 0 Å². The molecule has 0 bridgehead atoms. The number of hydrogen-bond donors (Lipinski definition) is 2. The smallest absolute Gasteiger partial charge is 0.0681 e. The molecule has 2 unspecified atom stereocenters. The zero-order chi connectivity index (χ0) is 13.9. The van der Waals surface area contributed by atoms with Gasteiger partial charge in [-0.1, -0.05) is 45.0 Å². The van der Waals surface area contributed by atoms with Gasteiger partial charge in [-0.3, -0.25) is 0 Å². The standard InChI is InChI=1S/C17H27NO/c1-13-10-17(2,3)8-7-16(13)18-11-14-5-4-6-15(9-14)12-19/h4-6,9,13,16,18-19H,7-8,10-12H2,1-3H3. The largest absolute Gasteiger partial charge is 0.392 e. The van der Waals surface area contributed by atoms with Crippen LogP contribution in [-0.2, 0) is 13.2 Å². The molecule has 19 heavy (non-hydrogen) atoms. The maximum Gasteiger partial charge on any atom is 0.0681 e. The summed E-state index contributed by atoms with van der Waals surface area (Å²) >= 11 is 0. The molecule has 0 saturated heterocycles. The van der Waals surface area contributed by atoms with Gasteiger partial charge in [0.2, 0.25) is 0 Å². The van der Waals surface area contributed by atoms with Gasteiger partial charge in [0.05, 0.1) is 6.61 Å². The maximum atomic E-state index is 9.16. The lowest BCUT2D eigenvalue weighted by atomic mass is 9.70. The van der Waals surface area contributed by atoms with Crippen molar-refractivity contribution >= 4 is 0 Å². The van der Waals surface area contributed by atoms with Crippen LogP contribution in [0.15, 0.2) is 24.3 Å². The molecule has 0 aliphatic heterocycles. The van der Waals surface area contributed by atoms with Crippen LogP contribution in [-0.4, -0.2) is 11.1 Å². The molecule has 2 heteroatoms. The van der Waals surface area contributed by atoms with Crippen LogP contribution in [0.25, 0.3) is 0 Å². The first-order chi connectivity index (χ1) is 9.00. The molecule has 0 radical (unpaired) electrons. The van der Waals surface area contributed by atoms with E-state index in [1.807, 2.05) is 12.1 Å². The van der Waals surface area contributed by atoms with Crippen molar-refractivity contribution in [1.29, 1.82) is 0 Å². The van der Waals surface area contributed by atoms with Crippen LogP contribution >= 0.6 is 0 Å². The predicted molar refractivity (Wildman–Crippen MR) is 79.8 cm³/mol. The number of benzene rings is 1. The molecule has 0 heterocycles. The highest BCUT2D eigenvalue weighted by Gasteiger charge is 2.31. The zero-order valence-electron chi connectivity index (χ0n) is 12.4. The molecule has 1 saturated carbocycles. The van der Waals surface area contributed by atoms with Gasteiger partial charge in [-0.05, 0) is 41.7 Å². The highest BCUT2D eigenvalue weighted by atomic mass is 16.3. The fraction of sp³-hybridized carbons (Fsp3) is 0.647. The first kappa shape index (κ1) is 14.5. The molecule has 1 aliphatic rings. The van der Waals surface area contributed by atoms with E-state index < -0.39 is 0 Å². The summed E-state index contributed by atoms with van der Waals surface area (Å²) in [6.07, 6.45) is 3.89. The van der Waals surface area contributed by atoms with E-state index in [-0.39, 0.29) is 6.61 Å². The van der Waals surface area contributed by atoms with Crippen molar-refractivity contribution < 1.29 is 5.11 Å². The highest BCUT2D eigenvalue weighted by molar-refractivity contribution is 5.22. The number of aliphatic hydroxyl groups excluding tert-OH is 1. The van der Waals surface area contributed by atoms with Crippen LogP contribution in [0.4, 0.5) is 0 Å². The molecule has 2 atom stereocenters. The van der Waals surface area contributed by atoms with E-state index in [4.69, 9.17) is 5.11 Å². The molecular weight excluding hydrogens is 234 g/mol. The van der Waals surface area contributed by atoms with E-state index >= 15 is 0 Å². The topological polar surface area (TPSA) is 32.3 Å². The summed E-state index contributed by atoms with van der Waals surface area (Å²) in [7, 11) is 0.